The normalized spacial score (nSPS) is 13.8. The topological polar surface area (TPSA) is 71.8 Å². The van der Waals surface area contributed by atoms with Crippen LogP contribution in [0.5, 0.6) is 0 Å². The maximum atomic E-state index is 13.9. The van der Waals surface area contributed by atoms with Crippen LogP contribution in [-0.4, -0.2) is 54.1 Å². The van der Waals surface area contributed by atoms with Gasteiger partial charge in [0.2, 0.25) is 0 Å². The van der Waals surface area contributed by atoms with Gasteiger partial charge in [-0.25, -0.2) is 4.79 Å². The van der Waals surface area contributed by atoms with Crippen molar-refractivity contribution in [3.8, 4) is 0 Å². The highest BCUT2D eigenvalue weighted by atomic mass is 32.1. The number of carbonyl (C=O) groups is 2. The summed E-state index contributed by atoms with van der Waals surface area (Å²) in [6, 6.07) is 13.5. The first-order valence-corrected chi connectivity index (χ1v) is 13.7. The number of esters is 1. The SMILES string of the molecule is CCOC(=O)c1c(N2CCN(C(=O)c3cccs3)CC2)c2c(C)csc2n(Cc2ccccc2)c1=O. The quantitative estimate of drug-likeness (QED) is 0.346. The summed E-state index contributed by atoms with van der Waals surface area (Å²) < 4.78 is 7.07. The molecule has 5 rings (SSSR count). The Hall–Kier alpha value is -3.43. The molecule has 1 amide bonds. The van der Waals surface area contributed by atoms with Gasteiger partial charge in [-0.1, -0.05) is 36.4 Å². The smallest absolute Gasteiger partial charge is 0.345 e. The molecular weight excluding hydrogens is 494 g/mol. The number of pyridine rings is 1. The van der Waals surface area contributed by atoms with Crippen molar-refractivity contribution in [3.05, 3.63) is 85.1 Å². The second-order valence-corrected chi connectivity index (χ2v) is 10.5. The first-order valence-electron chi connectivity index (χ1n) is 11.9. The second kappa shape index (κ2) is 10.3. The summed E-state index contributed by atoms with van der Waals surface area (Å²) in [4.78, 5) is 45.4. The number of aromatic nitrogens is 1. The Labute approximate surface area is 217 Å². The number of carbonyl (C=O) groups excluding carboxylic acids is 2. The van der Waals surface area contributed by atoms with Crippen LogP contribution in [0.3, 0.4) is 0 Å². The fourth-order valence-electron chi connectivity index (χ4n) is 4.67. The Bertz CT molecular complexity index is 1450. The van der Waals surface area contributed by atoms with Crippen molar-refractivity contribution in [1.82, 2.24) is 9.47 Å². The van der Waals surface area contributed by atoms with Gasteiger partial charge in [0, 0.05) is 31.6 Å². The molecule has 1 aromatic carbocycles. The number of hydrogen-bond acceptors (Lipinski definition) is 7. The zero-order valence-electron chi connectivity index (χ0n) is 20.2. The number of hydrogen-bond donors (Lipinski definition) is 0. The minimum absolute atomic E-state index is 0.0189. The number of nitrogens with zero attached hydrogens (tertiary/aromatic N) is 3. The lowest BCUT2D eigenvalue weighted by Gasteiger charge is -2.37. The Balaban J connectivity index is 1.58. The van der Waals surface area contributed by atoms with E-state index in [9.17, 15) is 14.4 Å². The van der Waals surface area contributed by atoms with Gasteiger partial charge < -0.3 is 14.5 Å². The summed E-state index contributed by atoms with van der Waals surface area (Å²) in [6.07, 6.45) is 0. The molecule has 186 valence electrons. The van der Waals surface area contributed by atoms with Gasteiger partial charge in [-0.3, -0.25) is 14.2 Å². The zero-order valence-corrected chi connectivity index (χ0v) is 21.9. The highest BCUT2D eigenvalue weighted by Gasteiger charge is 2.31. The van der Waals surface area contributed by atoms with Crippen LogP contribution >= 0.6 is 22.7 Å². The minimum atomic E-state index is -0.607. The van der Waals surface area contributed by atoms with E-state index < -0.39 is 5.97 Å². The van der Waals surface area contributed by atoms with Crippen molar-refractivity contribution < 1.29 is 14.3 Å². The lowest BCUT2D eigenvalue weighted by atomic mass is 10.1. The van der Waals surface area contributed by atoms with Crippen LogP contribution in [0.1, 0.15) is 38.1 Å². The third-order valence-electron chi connectivity index (χ3n) is 6.41. The number of fused-ring (bicyclic) bond motifs is 1. The number of ether oxygens (including phenoxy) is 1. The molecule has 4 aromatic rings. The van der Waals surface area contributed by atoms with E-state index in [2.05, 4.69) is 4.90 Å². The number of piperazine rings is 1. The van der Waals surface area contributed by atoms with E-state index in [1.807, 2.05) is 65.0 Å². The third-order valence-corrected chi connectivity index (χ3v) is 8.39. The van der Waals surface area contributed by atoms with Gasteiger partial charge >= 0.3 is 5.97 Å². The van der Waals surface area contributed by atoms with Gasteiger partial charge in [0.25, 0.3) is 11.5 Å². The first kappa shape index (κ1) is 24.3. The van der Waals surface area contributed by atoms with Crippen molar-refractivity contribution >= 4 is 50.5 Å². The number of rotatable bonds is 6. The molecule has 7 nitrogen and oxygen atoms in total. The van der Waals surface area contributed by atoms with Gasteiger partial charge in [0.05, 0.1) is 23.7 Å². The van der Waals surface area contributed by atoms with E-state index in [4.69, 9.17) is 4.74 Å². The maximum absolute atomic E-state index is 13.9. The predicted octanol–water partition coefficient (Wildman–Crippen LogP) is 4.62. The molecule has 1 aliphatic heterocycles. The highest BCUT2D eigenvalue weighted by Crippen LogP contribution is 2.36. The Kier molecular flexibility index (Phi) is 6.93. The molecule has 1 aliphatic rings. The molecular formula is C27H27N3O4S2. The number of amides is 1. The van der Waals surface area contributed by atoms with Gasteiger partial charge in [0.1, 0.15) is 10.4 Å². The molecule has 4 heterocycles. The summed E-state index contributed by atoms with van der Waals surface area (Å²) in [6.45, 7) is 6.36. The number of anilines is 1. The molecule has 0 unspecified atom stereocenters. The van der Waals surface area contributed by atoms with Crippen molar-refractivity contribution in [2.75, 3.05) is 37.7 Å². The van der Waals surface area contributed by atoms with E-state index in [1.54, 1.807) is 11.5 Å². The van der Waals surface area contributed by atoms with Crippen LogP contribution in [0.25, 0.3) is 10.2 Å². The fourth-order valence-corrected chi connectivity index (χ4v) is 6.42. The van der Waals surface area contributed by atoms with Crippen LogP contribution in [0.15, 0.2) is 58.0 Å². The molecule has 0 spiro atoms. The van der Waals surface area contributed by atoms with Crippen LogP contribution < -0.4 is 10.5 Å². The average Bonchev–Trinajstić information content (AvgIpc) is 3.56. The lowest BCUT2D eigenvalue weighted by Crippen LogP contribution is -2.49. The molecule has 0 N–H and O–H groups in total. The molecule has 0 atom stereocenters. The standard InChI is InChI=1S/C27H27N3O4S2/c1-3-34-27(33)22-23(28-11-13-29(14-12-28)24(31)20-10-7-15-35-20)21-18(2)17-36-26(21)30(25(22)32)16-19-8-5-4-6-9-19/h4-10,15,17H,3,11-14,16H2,1-2H3. The molecule has 36 heavy (non-hydrogen) atoms. The summed E-state index contributed by atoms with van der Waals surface area (Å²) in [5.74, 6) is -0.589. The summed E-state index contributed by atoms with van der Waals surface area (Å²) in [5, 5.41) is 4.83. The molecule has 3 aromatic heterocycles. The van der Waals surface area contributed by atoms with E-state index in [0.717, 1.165) is 26.2 Å². The minimum Gasteiger partial charge on any atom is -0.462 e. The molecule has 9 heteroatoms. The van der Waals surface area contributed by atoms with Crippen LogP contribution in [-0.2, 0) is 11.3 Å². The Morgan fingerprint density at radius 2 is 1.75 bits per heavy atom. The van der Waals surface area contributed by atoms with Crippen LogP contribution in [0, 0.1) is 6.92 Å². The van der Waals surface area contributed by atoms with Crippen LogP contribution in [0.2, 0.25) is 0 Å². The maximum Gasteiger partial charge on any atom is 0.345 e. The predicted molar refractivity (Wildman–Crippen MR) is 145 cm³/mol. The van der Waals surface area contributed by atoms with E-state index in [1.165, 1.54) is 22.7 Å². The average molecular weight is 522 g/mol. The first-order chi connectivity index (χ1) is 17.5. The Morgan fingerprint density at radius 3 is 2.42 bits per heavy atom. The van der Waals surface area contributed by atoms with Crippen molar-refractivity contribution in [2.24, 2.45) is 0 Å². The Morgan fingerprint density at radius 1 is 1.00 bits per heavy atom. The van der Waals surface area contributed by atoms with E-state index >= 15 is 0 Å². The molecule has 0 bridgehead atoms. The van der Waals surface area contributed by atoms with Gasteiger partial charge in [0.15, 0.2) is 0 Å². The van der Waals surface area contributed by atoms with Crippen molar-refractivity contribution in [1.29, 1.82) is 0 Å². The molecule has 0 saturated carbocycles. The van der Waals surface area contributed by atoms with Crippen molar-refractivity contribution in [2.45, 2.75) is 20.4 Å². The molecule has 1 saturated heterocycles. The molecule has 0 aliphatic carbocycles. The number of benzene rings is 1. The van der Waals surface area contributed by atoms with Crippen LogP contribution in [0.4, 0.5) is 5.69 Å². The number of thiophene rings is 2. The fraction of sp³-hybridized carbons (Fsp3) is 0.296. The molecule has 0 radical (unpaired) electrons. The van der Waals surface area contributed by atoms with E-state index in [-0.39, 0.29) is 23.6 Å². The van der Waals surface area contributed by atoms with Gasteiger partial charge in [-0.2, -0.15) is 0 Å². The van der Waals surface area contributed by atoms with E-state index in [0.29, 0.717) is 38.4 Å². The molecule has 1 fully saturated rings. The monoisotopic (exact) mass is 521 g/mol. The second-order valence-electron chi connectivity index (χ2n) is 8.68. The van der Waals surface area contributed by atoms with Gasteiger partial charge in [-0.05, 0) is 41.8 Å². The highest BCUT2D eigenvalue weighted by molar-refractivity contribution is 7.17. The van der Waals surface area contributed by atoms with Gasteiger partial charge in [-0.15, -0.1) is 22.7 Å². The lowest BCUT2D eigenvalue weighted by molar-refractivity contribution is 0.0523. The summed E-state index contributed by atoms with van der Waals surface area (Å²) in [7, 11) is 0. The number of aryl methyl sites for hydroxylation is 1. The third kappa shape index (κ3) is 4.44. The summed E-state index contributed by atoms with van der Waals surface area (Å²) >= 11 is 2.94. The van der Waals surface area contributed by atoms with Crippen molar-refractivity contribution in [3.63, 3.8) is 0 Å². The zero-order chi connectivity index (χ0) is 25.2. The summed E-state index contributed by atoms with van der Waals surface area (Å²) in [5.41, 5.74) is 2.34. The largest absolute Gasteiger partial charge is 0.462 e.